The van der Waals surface area contributed by atoms with Gasteiger partial charge in [0, 0.05) is 5.41 Å². The van der Waals surface area contributed by atoms with Gasteiger partial charge >= 0.3 is 12.1 Å². The Morgan fingerprint density at radius 2 is 1.53 bits per heavy atom. The average molecular weight is 502 g/mol. The van der Waals surface area contributed by atoms with Crippen molar-refractivity contribution in [3.05, 3.63) is 0 Å². The van der Waals surface area contributed by atoms with E-state index in [9.17, 15) is 14.7 Å². The number of rotatable bonds is 3. The van der Waals surface area contributed by atoms with Crippen LogP contribution in [0.2, 0.25) is 0 Å². The van der Waals surface area contributed by atoms with E-state index in [1.54, 1.807) is 0 Å². The Morgan fingerprint density at radius 3 is 2.14 bits per heavy atom. The van der Waals surface area contributed by atoms with Gasteiger partial charge in [-0.3, -0.25) is 4.79 Å². The van der Waals surface area contributed by atoms with Crippen LogP contribution < -0.4 is 5.73 Å². The lowest BCUT2D eigenvalue weighted by molar-refractivity contribution is -0.249. The Labute approximate surface area is 218 Å². The van der Waals surface area contributed by atoms with Crippen LogP contribution in [0.25, 0.3) is 0 Å². The molecule has 5 aliphatic rings. The van der Waals surface area contributed by atoms with E-state index in [0.717, 1.165) is 44.9 Å². The van der Waals surface area contributed by atoms with Gasteiger partial charge in [-0.15, -0.1) is 0 Å². The molecular weight excluding hydrogens is 450 g/mol. The molecule has 0 spiro atoms. The van der Waals surface area contributed by atoms with Gasteiger partial charge in [0.1, 0.15) is 6.10 Å². The number of primary amides is 1. The Morgan fingerprint density at radius 1 is 0.833 bits per heavy atom. The molecule has 0 aliphatic heterocycles. The third-order valence-corrected chi connectivity index (χ3v) is 14.0. The van der Waals surface area contributed by atoms with E-state index in [0.29, 0.717) is 35.5 Å². The fraction of sp³-hybridized carbons (Fsp3) is 0.935. The summed E-state index contributed by atoms with van der Waals surface area (Å²) in [5.41, 5.74) is 5.46. The summed E-state index contributed by atoms with van der Waals surface area (Å²) in [5, 5.41) is 10.6. The highest BCUT2D eigenvalue weighted by atomic mass is 16.6. The maximum Gasteiger partial charge on any atom is 0.404 e. The molecule has 5 aliphatic carbocycles. The third kappa shape index (κ3) is 3.19. The number of ether oxygens (including phenoxy) is 1. The molecule has 0 heterocycles. The zero-order valence-electron chi connectivity index (χ0n) is 23.9. The van der Waals surface area contributed by atoms with E-state index < -0.39 is 17.5 Å². The predicted molar refractivity (Wildman–Crippen MR) is 141 cm³/mol. The summed E-state index contributed by atoms with van der Waals surface area (Å²) in [5.74, 6) is 2.48. The molecule has 10 atom stereocenters. The molecule has 5 saturated carbocycles. The topological polar surface area (TPSA) is 89.6 Å². The largest absolute Gasteiger partial charge is 0.481 e. The standard InChI is InChI=1S/C31H51NO4/c1-18(2)19-10-15-31(25(33)34)17-16-29(6)20(24(19)31)8-9-22-28(5)13-12-23(36-26(32)35)27(3,4)21(28)11-14-30(22,29)7/h18-24H,8-17H2,1-7H3,(H2,32,35)(H,33,34)/t19-,20+,21-,22+,23+,24+,28-,29+,30+,31-/m0/s1. The number of amides is 1. The molecule has 0 radical (unpaired) electrons. The van der Waals surface area contributed by atoms with Crippen molar-refractivity contribution in [2.75, 3.05) is 0 Å². The molecule has 5 nitrogen and oxygen atoms in total. The number of hydrogen-bond donors (Lipinski definition) is 2. The van der Waals surface area contributed by atoms with Crippen LogP contribution in [0.5, 0.6) is 0 Å². The van der Waals surface area contributed by atoms with Crippen LogP contribution in [-0.4, -0.2) is 23.3 Å². The molecule has 204 valence electrons. The molecule has 36 heavy (non-hydrogen) atoms. The fourth-order valence-electron chi connectivity index (χ4n) is 12.1. The molecule has 5 heteroatoms. The van der Waals surface area contributed by atoms with Crippen molar-refractivity contribution >= 4 is 12.1 Å². The molecule has 0 bridgehead atoms. The van der Waals surface area contributed by atoms with Gasteiger partial charge in [0.15, 0.2) is 0 Å². The van der Waals surface area contributed by atoms with Crippen molar-refractivity contribution in [2.24, 2.45) is 68.3 Å². The number of hydrogen-bond acceptors (Lipinski definition) is 3. The van der Waals surface area contributed by atoms with Crippen molar-refractivity contribution in [3.8, 4) is 0 Å². The van der Waals surface area contributed by atoms with E-state index in [-0.39, 0.29) is 27.8 Å². The molecule has 0 aromatic rings. The first kappa shape index (κ1) is 26.4. The zero-order valence-corrected chi connectivity index (χ0v) is 23.9. The van der Waals surface area contributed by atoms with Crippen LogP contribution in [-0.2, 0) is 9.53 Å². The van der Waals surface area contributed by atoms with Gasteiger partial charge in [-0.05, 0) is 116 Å². The van der Waals surface area contributed by atoms with E-state index >= 15 is 0 Å². The normalized spacial score (nSPS) is 51.4. The van der Waals surface area contributed by atoms with Crippen LogP contribution in [0.3, 0.4) is 0 Å². The molecule has 0 aromatic heterocycles. The van der Waals surface area contributed by atoms with Crippen LogP contribution in [0, 0.1) is 62.6 Å². The maximum atomic E-state index is 12.8. The van der Waals surface area contributed by atoms with Gasteiger partial charge in [0.2, 0.25) is 0 Å². The van der Waals surface area contributed by atoms with Crippen LogP contribution in [0.1, 0.15) is 113 Å². The first-order valence-corrected chi connectivity index (χ1v) is 14.8. The van der Waals surface area contributed by atoms with Gasteiger partial charge in [0.25, 0.3) is 0 Å². The first-order chi connectivity index (χ1) is 16.6. The number of fused-ring (bicyclic) bond motifs is 7. The first-order valence-electron chi connectivity index (χ1n) is 14.8. The summed E-state index contributed by atoms with van der Waals surface area (Å²) in [6, 6.07) is 0. The molecule has 5 rings (SSSR count). The number of carboxylic acid groups (broad SMARTS) is 1. The molecule has 0 unspecified atom stereocenters. The lowest BCUT2D eigenvalue weighted by Gasteiger charge is -2.72. The summed E-state index contributed by atoms with van der Waals surface area (Å²) in [7, 11) is 0. The second-order valence-corrected chi connectivity index (χ2v) is 15.4. The van der Waals surface area contributed by atoms with Gasteiger partial charge in [-0.25, -0.2) is 4.79 Å². The van der Waals surface area contributed by atoms with Crippen molar-refractivity contribution < 1.29 is 19.4 Å². The Balaban J connectivity index is 1.52. The highest BCUT2D eigenvalue weighted by molar-refractivity contribution is 5.76. The smallest absolute Gasteiger partial charge is 0.404 e. The summed E-state index contributed by atoms with van der Waals surface area (Å²) in [6.07, 6.45) is 9.78. The van der Waals surface area contributed by atoms with Gasteiger partial charge in [-0.2, -0.15) is 0 Å². The van der Waals surface area contributed by atoms with E-state index in [2.05, 4.69) is 48.5 Å². The number of aliphatic carboxylic acids is 1. The quantitative estimate of drug-likeness (QED) is 0.425. The fourth-order valence-corrected chi connectivity index (χ4v) is 12.1. The summed E-state index contributed by atoms with van der Waals surface area (Å²) < 4.78 is 5.67. The van der Waals surface area contributed by atoms with Gasteiger partial charge < -0.3 is 15.6 Å². The molecule has 0 saturated heterocycles. The van der Waals surface area contributed by atoms with Crippen LogP contribution in [0.15, 0.2) is 0 Å². The van der Waals surface area contributed by atoms with Crippen LogP contribution >= 0.6 is 0 Å². The number of carbonyl (C=O) groups is 2. The second kappa shape index (κ2) is 8.12. The number of nitrogens with two attached hydrogens (primary N) is 1. The molecule has 3 N–H and O–H groups in total. The van der Waals surface area contributed by atoms with E-state index in [4.69, 9.17) is 10.5 Å². The van der Waals surface area contributed by atoms with Crippen molar-refractivity contribution in [3.63, 3.8) is 0 Å². The Hall–Kier alpha value is -1.26. The van der Waals surface area contributed by atoms with Crippen LogP contribution in [0.4, 0.5) is 4.79 Å². The van der Waals surface area contributed by atoms with E-state index in [1.807, 2.05) is 0 Å². The lowest BCUT2D eigenvalue weighted by atomic mass is 9.32. The minimum absolute atomic E-state index is 0.0969. The highest BCUT2D eigenvalue weighted by Gasteiger charge is 2.72. The SMILES string of the molecule is CC(C)[C@@H]1CC[C@]2(C(=O)O)CC[C@]3(C)[C@H](CC[C@@H]4[C@@]5(C)CC[C@@H](OC(N)=O)C(C)(C)[C@@H]5CC[C@]43C)[C@@H]12. The Kier molecular flexibility index (Phi) is 5.94. The molecular formula is C31H51NO4. The van der Waals surface area contributed by atoms with Gasteiger partial charge in [0.05, 0.1) is 5.41 Å². The average Bonchev–Trinajstić information content (AvgIpc) is 3.17. The molecule has 5 fully saturated rings. The Bertz CT molecular complexity index is 930. The van der Waals surface area contributed by atoms with Crippen molar-refractivity contribution in [1.29, 1.82) is 0 Å². The second-order valence-electron chi connectivity index (χ2n) is 15.4. The number of carboxylic acids is 1. The minimum atomic E-state index is -0.647. The summed E-state index contributed by atoms with van der Waals surface area (Å²) in [4.78, 5) is 24.5. The molecule has 1 amide bonds. The van der Waals surface area contributed by atoms with Crippen molar-refractivity contribution in [1.82, 2.24) is 0 Å². The summed E-state index contributed by atoms with van der Waals surface area (Å²) >= 11 is 0. The number of carbonyl (C=O) groups excluding carboxylic acids is 1. The molecule has 0 aromatic carbocycles. The monoisotopic (exact) mass is 501 g/mol. The van der Waals surface area contributed by atoms with E-state index in [1.165, 1.54) is 19.3 Å². The predicted octanol–water partition coefficient (Wildman–Crippen LogP) is 7.27. The minimum Gasteiger partial charge on any atom is -0.481 e. The highest BCUT2D eigenvalue weighted by Crippen LogP contribution is 2.77. The van der Waals surface area contributed by atoms with Gasteiger partial charge in [-0.1, -0.05) is 48.5 Å². The lowest BCUT2D eigenvalue weighted by Crippen LogP contribution is -2.67. The van der Waals surface area contributed by atoms with Crippen molar-refractivity contribution in [2.45, 2.75) is 119 Å². The third-order valence-electron chi connectivity index (χ3n) is 14.0. The summed E-state index contributed by atoms with van der Waals surface area (Å²) in [6.45, 7) is 17.0. The zero-order chi connectivity index (χ0) is 26.5. The maximum absolute atomic E-state index is 12.8.